The average Bonchev–Trinajstić information content (AvgIpc) is 2.38. The fourth-order valence-electron chi connectivity index (χ4n) is 1.95. The van der Waals surface area contributed by atoms with Crippen LogP contribution in [0.4, 0.5) is 0 Å². The average molecular weight is 265 g/mol. The lowest BCUT2D eigenvalue weighted by Crippen LogP contribution is -2.34. The van der Waals surface area contributed by atoms with Gasteiger partial charge in [-0.2, -0.15) is 0 Å². The Hall–Kier alpha value is -1.39. The van der Waals surface area contributed by atoms with E-state index >= 15 is 0 Å². The first kappa shape index (κ1) is 15.7. The summed E-state index contributed by atoms with van der Waals surface area (Å²) < 4.78 is 5.14. The summed E-state index contributed by atoms with van der Waals surface area (Å²) in [7, 11) is 1.87. The zero-order valence-corrected chi connectivity index (χ0v) is 11.9. The summed E-state index contributed by atoms with van der Waals surface area (Å²) in [5, 5.41) is 9.35. The van der Waals surface area contributed by atoms with Crippen LogP contribution in [-0.4, -0.2) is 42.3 Å². The van der Waals surface area contributed by atoms with Gasteiger partial charge in [-0.05, 0) is 32.9 Å². The first-order valence-corrected chi connectivity index (χ1v) is 6.66. The predicted octanol–water partition coefficient (Wildman–Crippen LogP) is 1.99. The molecular formula is C15H23NO3. The number of carbonyl (C=O) groups is 1. The molecule has 2 atom stereocenters. The summed E-state index contributed by atoms with van der Waals surface area (Å²) in [6.07, 6.45) is 0.250. The van der Waals surface area contributed by atoms with Crippen LogP contribution in [0.1, 0.15) is 31.9 Å². The molecule has 0 aromatic heterocycles. The first-order chi connectivity index (χ1) is 9.06. The second-order valence-electron chi connectivity index (χ2n) is 4.68. The van der Waals surface area contributed by atoms with Crippen molar-refractivity contribution in [2.24, 2.45) is 0 Å². The normalized spacial score (nSPS) is 14.2. The Morgan fingerprint density at radius 1 is 1.37 bits per heavy atom. The van der Waals surface area contributed by atoms with Crippen molar-refractivity contribution in [1.29, 1.82) is 0 Å². The smallest absolute Gasteiger partial charge is 0.327 e. The number of ether oxygens (including phenoxy) is 1. The van der Waals surface area contributed by atoms with Crippen molar-refractivity contribution < 1.29 is 14.6 Å². The SMILES string of the molecule is CCOC(=O)C(c1ccccc1)N(C)CCC(C)O. The van der Waals surface area contributed by atoms with Crippen LogP contribution in [0.3, 0.4) is 0 Å². The number of aliphatic hydroxyl groups is 1. The third-order valence-electron chi connectivity index (χ3n) is 2.97. The lowest BCUT2D eigenvalue weighted by molar-refractivity contribution is -0.149. The van der Waals surface area contributed by atoms with Gasteiger partial charge in [0.15, 0.2) is 0 Å². The largest absolute Gasteiger partial charge is 0.465 e. The third-order valence-corrected chi connectivity index (χ3v) is 2.97. The standard InChI is InChI=1S/C15H23NO3/c1-4-19-15(18)14(13-8-6-5-7-9-13)16(3)11-10-12(2)17/h5-9,12,14,17H,4,10-11H2,1-3H3. The first-order valence-electron chi connectivity index (χ1n) is 6.66. The number of carbonyl (C=O) groups excluding carboxylic acids is 1. The highest BCUT2D eigenvalue weighted by Crippen LogP contribution is 2.21. The van der Waals surface area contributed by atoms with Crippen LogP contribution in [0.15, 0.2) is 30.3 Å². The van der Waals surface area contributed by atoms with Gasteiger partial charge in [-0.25, -0.2) is 4.79 Å². The molecule has 0 spiro atoms. The molecule has 4 nitrogen and oxygen atoms in total. The van der Waals surface area contributed by atoms with Crippen molar-refractivity contribution in [2.45, 2.75) is 32.4 Å². The Morgan fingerprint density at radius 3 is 2.53 bits per heavy atom. The summed E-state index contributed by atoms with van der Waals surface area (Å²) >= 11 is 0. The minimum atomic E-state index is -0.417. The van der Waals surface area contributed by atoms with Crippen LogP contribution in [0, 0.1) is 0 Å². The van der Waals surface area contributed by atoms with Crippen LogP contribution in [0.25, 0.3) is 0 Å². The molecule has 0 heterocycles. The molecule has 19 heavy (non-hydrogen) atoms. The van der Waals surface area contributed by atoms with E-state index < -0.39 is 6.04 Å². The molecule has 1 aromatic rings. The van der Waals surface area contributed by atoms with Gasteiger partial charge in [-0.1, -0.05) is 30.3 Å². The van der Waals surface area contributed by atoms with Crippen molar-refractivity contribution in [3.63, 3.8) is 0 Å². The van der Waals surface area contributed by atoms with Crippen LogP contribution in [0.2, 0.25) is 0 Å². The Bertz CT molecular complexity index is 378. The fourth-order valence-corrected chi connectivity index (χ4v) is 1.95. The molecule has 0 aliphatic rings. The van der Waals surface area contributed by atoms with Crippen LogP contribution < -0.4 is 0 Å². The third kappa shape index (κ3) is 5.01. The monoisotopic (exact) mass is 265 g/mol. The molecular weight excluding hydrogens is 242 g/mol. The molecule has 106 valence electrons. The minimum Gasteiger partial charge on any atom is -0.465 e. The Kier molecular flexibility index (Phi) is 6.53. The quantitative estimate of drug-likeness (QED) is 0.766. The maximum atomic E-state index is 12.1. The van der Waals surface area contributed by atoms with E-state index in [4.69, 9.17) is 4.74 Å². The fraction of sp³-hybridized carbons (Fsp3) is 0.533. The summed E-state index contributed by atoms with van der Waals surface area (Å²) in [6, 6.07) is 9.15. The molecule has 0 saturated carbocycles. The van der Waals surface area contributed by atoms with Crippen LogP contribution in [0.5, 0.6) is 0 Å². The van der Waals surface area contributed by atoms with Gasteiger partial charge < -0.3 is 9.84 Å². The molecule has 0 aliphatic carbocycles. The van der Waals surface area contributed by atoms with Gasteiger partial charge in [0.25, 0.3) is 0 Å². The summed E-state index contributed by atoms with van der Waals surface area (Å²) in [5.41, 5.74) is 0.911. The number of hydrogen-bond acceptors (Lipinski definition) is 4. The number of likely N-dealkylation sites (N-methyl/N-ethyl adjacent to an activating group) is 1. The van der Waals surface area contributed by atoms with Gasteiger partial charge in [-0.15, -0.1) is 0 Å². The second kappa shape index (κ2) is 7.92. The van der Waals surface area contributed by atoms with Crippen molar-refractivity contribution in [1.82, 2.24) is 4.90 Å². The van der Waals surface area contributed by atoms with E-state index in [9.17, 15) is 9.90 Å². The molecule has 0 saturated heterocycles. The van der Waals surface area contributed by atoms with Gasteiger partial charge in [0, 0.05) is 6.54 Å². The van der Waals surface area contributed by atoms with E-state index in [2.05, 4.69) is 0 Å². The molecule has 1 N–H and O–H groups in total. The van der Waals surface area contributed by atoms with E-state index in [1.807, 2.05) is 42.3 Å². The maximum Gasteiger partial charge on any atom is 0.327 e. The van der Waals surface area contributed by atoms with Gasteiger partial charge in [0.1, 0.15) is 6.04 Å². The number of esters is 1. The topological polar surface area (TPSA) is 49.8 Å². The molecule has 1 aromatic carbocycles. The van der Waals surface area contributed by atoms with Crippen LogP contribution >= 0.6 is 0 Å². The van der Waals surface area contributed by atoms with Crippen molar-refractivity contribution >= 4 is 5.97 Å². The Balaban J connectivity index is 2.83. The molecule has 0 radical (unpaired) electrons. The molecule has 0 amide bonds. The zero-order chi connectivity index (χ0) is 14.3. The Morgan fingerprint density at radius 2 is 2.00 bits per heavy atom. The number of nitrogens with zero attached hydrogens (tertiary/aromatic N) is 1. The lowest BCUT2D eigenvalue weighted by atomic mass is 10.1. The number of benzene rings is 1. The number of hydrogen-bond donors (Lipinski definition) is 1. The number of rotatable bonds is 7. The maximum absolute atomic E-state index is 12.1. The molecule has 2 unspecified atom stereocenters. The molecule has 1 rings (SSSR count). The van der Waals surface area contributed by atoms with Crippen molar-refractivity contribution in [3.05, 3.63) is 35.9 Å². The van der Waals surface area contributed by atoms with Gasteiger partial charge in [0.2, 0.25) is 0 Å². The number of aliphatic hydroxyl groups excluding tert-OH is 1. The molecule has 0 aliphatic heterocycles. The van der Waals surface area contributed by atoms with Gasteiger partial charge in [0.05, 0.1) is 12.7 Å². The predicted molar refractivity (Wildman–Crippen MR) is 74.7 cm³/mol. The lowest BCUT2D eigenvalue weighted by Gasteiger charge is -2.27. The van der Waals surface area contributed by atoms with E-state index in [1.54, 1.807) is 13.8 Å². The van der Waals surface area contributed by atoms with Gasteiger partial charge >= 0.3 is 5.97 Å². The highest BCUT2D eigenvalue weighted by molar-refractivity contribution is 5.77. The van der Waals surface area contributed by atoms with Crippen molar-refractivity contribution in [3.8, 4) is 0 Å². The van der Waals surface area contributed by atoms with E-state index in [-0.39, 0.29) is 12.1 Å². The summed E-state index contributed by atoms with van der Waals surface area (Å²) in [6.45, 7) is 4.55. The highest BCUT2D eigenvalue weighted by Gasteiger charge is 2.26. The minimum absolute atomic E-state index is 0.248. The van der Waals surface area contributed by atoms with E-state index in [1.165, 1.54) is 0 Å². The van der Waals surface area contributed by atoms with Crippen molar-refractivity contribution in [2.75, 3.05) is 20.2 Å². The summed E-state index contributed by atoms with van der Waals surface area (Å²) in [4.78, 5) is 14.0. The van der Waals surface area contributed by atoms with E-state index in [0.717, 1.165) is 5.56 Å². The van der Waals surface area contributed by atoms with E-state index in [0.29, 0.717) is 19.6 Å². The highest BCUT2D eigenvalue weighted by atomic mass is 16.5. The molecule has 0 fully saturated rings. The molecule has 4 heteroatoms. The second-order valence-corrected chi connectivity index (χ2v) is 4.68. The summed E-state index contributed by atoms with van der Waals surface area (Å²) in [5.74, 6) is -0.248. The Labute approximate surface area is 115 Å². The molecule has 0 bridgehead atoms. The van der Waals surface area contributed by atoms with Crippen LogP contribution in [-0.2, 0) is 9.53 Å². The zero-order valence-electron chi connectivity index (χ0n) is 11.9. The van der Waals surface area contributed by atoms with Gasteiger partial charge in [-0.3, -0.25) is 4.90 Å².